The van der Waals surface area contributed by atoms with Crippen LogP contribution in [0.25, 0.3) is 77.0 Å². The Kier molecular flexibility index (Phi) is 8.22. The van der Waals surface area contributed by atoms with Gasteiger partial charge in [-0.25, -0.2) is 9.97 Å². The molecule has 11 aromatic rings. The zero-order valence-corrected chi connectivity index (χ0v) is 36.1. The molecule has 0 amide bonds. The van der Waals surface area contributed by atoms with E-state index in [1.54, 1.807) is 0 Å². The highest BCUT2D eigenvalue weighted by molar-refractivity contribution is 6.14. The second-order valence-electron chi connectivity index (χ2n) is 17.9. The first-order valence-electron chi connectivity index (χ1n) is 22.4. The highest BCUT2D eigenvalue weighted by Gasteiger charge is 2.35. The van der Waals surface area contributed by atoms with Crippen LogP contribution >= 0.6 is 0 Å². The Balaban J connectivity index is 0.956. The van der Waals surface area contributed by atoms with Crippen LogP contribution in [-0.2, 0) is 5.41 Å². The molecule has 0 atom stereocenters. The van der Waals surface area contributed by atoms with Gasteiger partial charge >= 0.3 is 0 Å². The minimum atomic E-state index is -0.0675. The Bertz CT molecular complexity index is 3690. The number of anilines is 6. The molecule has 0 unspecified atom stereocenters. The molecule has 10 aromatic carbocycles. The van der Waals surface area contributed by atoms with Crippen molar-refractivity contribution in [3.63, 3.8) is 0 Å². The first kappa shape index (κ1) is 37.2. The Morgan fingerprint density at radius 1 is 0.400 bits per heavy atom. The van der Waals surface area contributed by atoms with Crippen molar-refractivity contribution in [2.24, 2.45) is 0 Å². The van der Waals surface area contributed by atoms with Crippen LogP contribution in [0.15, 0.2) is 219 Å². The summed E-state index contributed by atoms with van der Waals surface area (Å²) in [5.41, 5.74) is 18.6. The molecule has 1 aromatic heterocycles. The summed E-state index contributed by atoms with van der Waals surface area (Å²) in [6.07, 6.45) is 1.94. The summed E-state index contributed by atoms with van der Waals surface area (Å²) in [5, 5.41) is 5.87. The van der Waals surface area contributed by atoms with Gasteiger partial charge in [-0.1, -0.05) is 166 Å². The van der Waals surface area contributed by atoms with Gasteiger partial charge < -0.3 is 4.90 Å². The van der Waals surface area contributed by atoms with Crippen LogP contribution in [0.3, 0.4) is 0 Å². The van der Waals surface area contributed by atoms with E-state index < -0.39 is 0 Å². The van der Waals surface area contributed by atoms with E-state index in [0.717, 1.165) is 44.9 Å². The average Bonchev–Trinajstić information content (AvgIpc) is 3.59. The average molecular weight is 831 g/mol. The Labute approximate surface area is 378 Å². The fourth-order valence-corrected chi connectivity index (χ4v) is 10.5. The van der Waals surface area contributed by atoms with Gasteiger partial charge in [0.05, 0.1) is 16.9 Å². The van der Waals surface area contributed by atoms with E-state index in [1.807, 2.05) is 18.3 Å². The molecular formula is C61H42N4. The molecule has 13 rings (SSSR count). The molecular weight excluding hydrogens is 789 g/mol. The minimum Gasteiger partial charge on any atom is -0.310 e. The third kappa shape index (κ3) is 5.91. The van der Waals surface area contributed by atoms with Crippen LogP contribution in [0.2, 0.25) is 0 Å². The fraction of sp³-hybridized carbons (Fsp3) is 0.0492. The Morgan fingerprint density at radius 2 is 0.985 bits per heavy atom. The predicted octanol–water partition coefficient (Wildman–Crippen LogP) is 16.5. The second kappa shape index (κ2) is 14.3. The maximum atomic E-state index is 5.19. The van der Waals surface area contributed by atoms with E-state index in [9.17, 15) is 0 Å². The highest BCUT2D eigenvalue weighted by atomic mass is 15.3. The van der Waals surface area contributed by atoms with E-state index in [-0.39, 0.29) is 5.41 Å². The zero-order chi connectivity index (χ0) is 43.2. The van der Waals surface area contributed by atoms with E-state index in [1.165, 1.54) is 71.6 Å². The molecule has 0 bridgehead atoms. The summed E-state index contributed by atoms with van der Waals surface area (Å²) in [6, 6.07) is 77.3. The molecule has 0 saturated carbocycles. The molecule has 0 radical (unpaired) electrons. The van der Waals surface area contributed by atoms with Gasteiger partial charge in [0.2, 0.25) is 5.95 Å². The topological polar surface area (TPSA) is 32.3 Å². The Morgan fingerprint density at radius 3 is 1.78 bits per heavy atom. The lowest BCUT2D eigenvalue weighted by Crippen LogP contribution is -2.18. The maximum Gasteiger partial charge on any atom is 0.235 e. The van der Waals surface area contributed by atoms with E-state index in [2.05, 4.69) is 224 Å². The van der Waals surface area contributed by atoms with Gasteiger partial charge in [0.1, 0.15) is 0 Å². The van der Waals surface area contributed by atoms with Crippen LogP contribution in [-0.4, -0.2) is 9.97 Å². The first-order valence-corrected chi connectivity index (χ1v) is 22.4. The zero-order valence-electron chi connectivity index (χ0n) is 36.1. The quantitative estimate of drug-likeness (QED) is 0.167. The third-order valence-electron chi connectivity index (χ3n) is 13.8. The number of aromatic nitrogens is 2. The van der Waals surface area contributed by atoms with Crippen molar-refractivity contribution in [2.75, 3.05) is 9.80 Å². The molecule has 1 aliphatic carbocycles. The minimum absolute atomic E-state index is 0.0675. The normalized spacial score (nSPS) is 13.2. The largest absolute Gasteiger partial charge is 0.310 e. The van der Waals surface area contributed by atoms with E-state index in [4.69, 9.17) is 9.97 Å². The molecule has 0 saturated heterocycles. The Hall–Kier alpha value is -8.34. The number of rotatable bonds is 6. The highest BCUT2D eigenvalue weighted by Crippen LogP contribution is 2.53. The lowest BCUT2D eigenvalue weighted by Gasteiger charge is -2.34. The summed E-state index contributed by atoms with van der Waals surface area (Å²) < 4.78 is 0. The van der Waals surface area contributed by atoms with Gasteiger partial charge in [0.25, 0.3) is 0 Å². The summed E-state index contributed by atoms with van der Waals surface area (Å²) >= 11 is 0. The molecule has 65 heavy (non-hydrogen) atoms. The summed E-state index contributed by atoms with van der Waals surface area (Å²) in [4.78, 5) is 14.8. The van der Waals surface area contributed by atoms with Crippen LogP contribution in [0.1, 0.15) is 25.0 Å². The lowest BCUT2D eigenvalue weighted by molar-refractivity contribution is 0.660. The van der Waals surface area contributed by atoms with Gasteiger partial charge in [-0.15, -0.1) is 0 Å². The molecule has 306 valence electrons. The van der Waals surface area contributed by atoms with Gasteiger partial charge in [-0.2, -0.15) is 0 Å². The number of nitrogens with zero attached hydrogens (tertiary/aromatic N) is 4. The number of hydrogen-bond acceptors (Lipinski definition) is 4. The standard InChI is InChI=1S/C61H42N4/c1-61(2)54-18-7-6-16-50(54)51-33-27-45(36-55(51)61)41-25-30-48(31-26-41)64(47-28-23-40(24-29-47)44-22-21-39-11-3-4-12-43(39)35-44)49-32-34-52-53-17-9-14-42-15-10-20-57(59(42)53)65(58(52)37-49)60-62-38-46-13-5-8-19-56(46)63-60/h3-38H,1-2H3. The monoisotopic (exact) mass is 830 g/mol. The molecule has 2 aliphatic rings. The number of hydrogen-bond donors (Lipinski definition) is 0. The summed E-state index contributed by atoms with van der Waals surface area (Å²) in [6.45, 7) is 4.69. The molecule has 0 N–H and O–H groups in total. The van der Waals surface area contributed by atoms with Crippen molar-refractivity contribution in [3.05, 3.63) is 230 Å². The molecule has 0 spiro atoms. The van der Waals surface area contributed by atoms with Crippen LogP contribution in [0.5, 0.6) is 0 Å². The second-order valence-corrected chi connectivity index (χ2v) is 17.9. The summed E-state index contributed by atoms with van der Waals surface area (Å²) in [7, 11) is 0. The molecule has 0 fully saturated rings. The lowest BCUT2D eigenvalue weighted by atomic mass is 9.81. The molecule has 2 heterocycles. The van der Waals surface area contributed by atoms with Gasteiger partial charge in [-0.3, -0.25) is 4.90 Å². The SMILES string of the molecule is CC1(C)c2ccccc2-c2ccc(-c3ccc(N(c4ccc(-c5ccc6ccccc6c5)cc4)c4ccc5c(c4)N(c4ncc6ccccc6n4)c4cccc6cccc-5c46)cc3)cc21. The van der Waals surface area contributed by atoms with Crippen molar-refractivity contribution < 1.29 is 0 Å². The van der Waals surface area contributed by atoms with Crippen molar-refractivity contribution in [3.8, 4) is 44.5 Å². The maximum absolute atomic E-state index is 5.19. The molecule has 4 nitrogen and oxygen atoms in total. The predicted molar refractivity (Wildman–Crippen MR) is 271 cm³/mol. The van der Waals surface area contributed by atoms with Crippen LogP contribution in [0.4, 0.5) is 34.4 Å². The van der Waals surface area contributed by atoms with Crippen molar-refractivity contribution in [1.29, 1.82) is 0 Å². The van der Waals surface area contributed by atoms with Crippen molar-refractivity contribution >= 4 is 66.8 Å². The van der Waals surface area contributed by atoms with Crippen LogP contribution < -0.4 is 9.80 Å². The number of fused-ring (bicyclic) bond motifs is 7. The molecule has 1 aliphatic heterocycles. The number of para-hydroxylation sites is 1. The summed E-state index contributed by atoms with van der Waals surface area (Å²) in [5.74, 6) is 0.639. The van der Waals surface area contributed by atoms with E-state index >= 15 is 0 Å². The first-order chi connectivity index (χ1) is 32.0. The van der Waals surface area contributed by atoms with Crippen molar-refractivity contribution in [1.82, 2.24) is 9.97 Å². The van der Waals surface area contributed by atoms with Gasteiger partial charge in [-0.05, 0) is 127 Å². The van der Waals surface area contributed by atoms with Gasteiger partial charge in [0.15, 0.2) is 0 Å². The molecule has 4 heteroatoms. The number of benzene rings is 10. The van der Waals surface area contributed by atoms with Crippen molar-refractivity contribution in [2.45, 2.75) is 19.3 Å². The van der Waals surface area contributed by atoms with Crippen LogP contribution in [0, 0.1) is 0 Å². The third-order valence-corrected chi connectivity index (χ3v) is 13.8. The smallest absolute Gasteiger partial charge is 0.235 e. The van der Waals surface area contributed by atoms with Gasteiger partial charge in [0, 0.05) is 45.0 Å². The fourth-order valence-electron chi connectivity index (χ4n) is 10.5. The van der Waals surface area contributed by atoms with E-state index in [0.29, 0.717) is 5.95 Å².